The standard InChI is InChI=1S/C16H22N2O3/c1-3-9-17-11-14-12-20-16(18-14)21-15-6-4-13(5-7-15)8-10-19-2/h4-7,12,17H,3,8-11H2,1-2H3. The lowest BCUT2D eigenvalue weighted by Crippen LogP contribution is -2.13. The first-order valence-electron chi connectivity index (χ1n) is 7.22. The number of rotatable bonds is 9. The van der Waals surface area contributed by atoms with E-state index in [2.05, 4.69) is 17.2 Å². The lowest BCUT2D eigenvalue weighted by atomic mass is 10.1. The average molecular weight is 290 g/mol. The molecule has 0 unspecified atom stereocenters. The smallest absolute Gasteiger partial charge is 0.399 e. The number of hydrogen-bond donors (Lipinski definition) is 1. The van der Waals surface area contributed by atoms with Crippen LogP contribution in [0.5, 0.6) is 11.8 Å². The van der Waals surface area contributed by atoms with Gasteiger partial charge in [0.15, 0.2) is 0 Å². The van der Waals surface area contributed by atoms with Crippen LogP contribution in [0, 0.1) is 0 Å². The number of aromatic nitrogens is 1. The fourth-order valence-electron chi connectivity index (χ4n) is 1.85. The van der Waals surface area contributed by atoms with E-state index in [-0.39, 0.29) is 6.08 Å². The third-order valence-corrected chi connectivity index (χ3v) is 2.99. The lowest BCUT2D eigenvalue weighted by molar-refractivity contribution is 0.202. The molecule has 5 nitrogen and oxygen atoms in total. The van der Waals surface area contributed by atoms with Crippen LogP contribution in [-0.4, -0.2) is 25.2 Å². The molecule has 1 aromatic carbocycles. The number of methoxy groups -OCH3 is 1. The Kier molecular flexibility index (Phi) is 6.24. The van der Waals surface area contributed by atoms with Crippen LogP contribution in [0.2, 0.25) is 0 Å². The predicted molar refractivity (Wildman–Crippen MR) is 80.6 cm³/mol. The molecule has 0 saturated heterocycles. The number of nitrogens with zero attached hydrogens (tertiary/aromatic N) is 1. The molecular formula is C16H22N2O3. The summed E-state index contributed by atoms with van der Waals surface area (Å²) in [6, 6.07) is 7.84. The van der Waals surface area contributed by atoms with Gasteiger partial charge in [0.05, 0.1) is 12.3 Å². The largest absolute Gasteiger partial charge is 0.417 e. The molecule has 1 aromatic heterocycles. The summed E-state index contributed by atoms with van der Waals surface area (Å²) in [5.74, 6) is 0.714. The second-order valence-corrected chi connectivity index (χ2v) is 4.77. The molecule has 0 aliphatic heterocycles. The van der Waals surface area contributed by atoms with Gasteiger partial charge in [-0.15, -0.1) is 0 Å². The summed E-state index contributed by atoms with van der Waals surface area (Å²) >= 11 is 0. The summed E-state index contributed by atoms with van der Waals surface area (Å²) in [4.78, 5) is 4.28. The summed E-state index contributed by atoms with van der Waals surface area (Å²) in [6.45, 7) is 4.50. The van der Waals surface area contributed by atoms with Gasteiger partial charge in [-0.1, -0.05) is 19.1 Å². The fraction of sp³-hybridized carbons (Fsp3) is 0.438. The molecule has 1 N–H and O–H groups in total. The third kappa shape index (κ3) is 5.21. The van der Waals surface area contributed by atoms with Crippen LogP contribution in [-0.2, 0) is 17.7 Å². The van der Waals surface area contributed by atoms with E-state index >= 15 is 0 Å². The molecule has 1 heterocycles. The zero-order valence-electron chi connectivity index (χ0n) is 12.6. The van der Waals surface area contributed by atoms with E-state index in [0.29, 0.717) is 18.9 Å². The number of hydrogen-bond acceptors (Lipinski definition) is 5. The molecule has 0 saturated carbocycles. The zero-order valence-corrected chi connectivity index (χ0v) is 12.6. The normalized spacial score (nSPS) is 10.8. The molecule has 0 radical (unpaired) electrons. The Morgan fingerprint density at radius 1 is 1.24 bits per heavy atom. The molecule has 0 aliphatic carbocycles. The Balaban J connectivity index is 1.86. The minimum Gasteiger partial charge on any atom is -0.417 e. The van der Waals surface area contributed by atoms with Crippen molar-refractivity contribution in [2.24, 2.45) is 0 Å². The molecule has 0 amide bonds. The van der Waals surface area contributed by atoms with Gasteiger partial charge in [0.2, 0.25) is 0 Å². The van der Waals surface area contributed by atoms with Gasteiger partial charge in [-0.2, -0.15) is 4.98 Å². The van der Waals surface area contributed by atoms with Crippen LogP contribution in [0.3, 0.4) is 0 Å². The van der Waals surface area contributed by atoms with Crippen molar-refractivity contribution in [1.82, 2.24) is 10.3 Å². The fourth-order valence-corrected chi connectivity index (χ4v) is 1.85. The van der Waals surface area contributed by atoms with Crippen molar-refractivity contribution >= 4 is 0 Å². The van der Waals surface area contributed by atoms with Crippen LogP contribution in [0.25, 0.3) is 0 Å². The monoisotopic (exact) mass is 290 g/mol. The summed E-state index contributed by atoms with van der Waals surface area (Å²) in [5.41, 5.74) is 2.05. The lowest BCUT2D eigenvalue weighted by Gasteiger charge is -2.03. The van der Waals surface area contributed by atoms with Crippen molar-refractivity contribution in [3.63, 3.8) is 0 Å². The molecule has 21 heavy (non-hydrogen) atoms. The first-order chi connectivity index (χ1) is 10.3. The molecule has 0 fully saturated rings. The van der Waals surface area contributed by atoms with Gasteiger partial charge in [-0.3, -0.25) is 0 Å². The molecule has 0 spiro atoms. The van der Waals surface area contributed by atoms with Crippen LogP contribution in [0.15, 0.2) is 34.9 Å². The molecule has 5 heteroatoms. The highest BCUT2D eigenvalue weighted by atomic mass is 16.6. The van der Waals surface area contributed by atoms with Crippen molar-refractivity contribution in [3.8, 4) is 11.8 Å². The number of ether oxygens (including phenoxy) is 2. The Morgan fingerprint density at radius 3 is 2.76 bits per heavy atom. The van der Waals surface area contributed by atoms with Crippen molar-refractivity contribution in [1.29, 1.82) is 0 Å². The van der Waals surface area contributed by atoms with E-state index in [1.807, 2.05) is 24.3 Å². The Morgan fingerprint density at radius 2 is 2.05 bits per heavy atom. The molecule has 2 rings (SSSR count). The Labute approximate surface area is 125 Å². The van der Waals surface area contributed by atoms with Gasteiger partial charge >= 0.3 is 6.08 Å². The quantitative estimate of drug-likeness (QED) is 0.719. The van der Waals surface area contributed by atoms with Crippen LogP contribution in [0.4, 0.5) is 0 Å². The van der Waals surface area contributed by atoms with E-state index in [1.54, 1.807) is 13.4 Å². The van der Waals surface area contributed by atoms with E-state index in [9.17, 15) is 0 Å². The van der Waals surface area contributed by atoms with Gasteiger partial charge in [-0.25, -0.2) is 0 Å². The second kappa shape index (κ2) is 8.44. The number of oxazole rings is 1. The zero-order chi connectivity index (χ0) is 14.9. The summed E-state index contributed by atoms with van der Waals surface area (Å²) in [7, 11) is 1.70. The molecule has 0 atom stereocenters. The van der Waals surface area contributed by atoms with Crippen LogP contribution in [0.1, 0.15) is 24.6 Å². The maximum atomic E-state index is 5.59. The van der Waals surface area contributed by atoms with Gasteiger partial charge in [-0.05, 0) is 37.1 Å². The molecule has 2 aromatic rings. The number of benzene rings is 1. The van der Waals surface area contributed by atoms with Gasteiger partial charge in [0, 0.05) is 13.7 Å². The van der Waals surface area contributed by atoms with Crippen molar-refractivity contribution in [2.75, 3.05) is 20.3 Å². The average Bonchev–Trinajstić information content (AvgIpc) is 2.94. The van der Waals surface area contributed by atoms with Gasteiger partial charge < -0.3 is 19.2 Å². The first kappa shape index (κ1) is 15.5. The maximum Gasteiger partial charge on any atom is 0.399 e. The topological polar surface area (TPSA) is 56.5 Å². The molecular weight excluding hydrogens is 268 g/mol. The molecule has 114 valence electrons. The molecule has 0 aliphatic rings. The van der Waals surface area contributed by atoms with E-state index < -0.39 is 0 Å². The van der Waals surface area contributed by atoms with E-state index in [1.165, 1.54) is 5.56 Å². The minimum atomic E-state index is 0.271. The van der Waals surface area contributed by atoms with Crippen molar-refractivity contribution in [2.45, 2.75) is 26.3 Å². The third-order valence-electron chi connectivity index (χ3n) is 2.99. The summed E-state index contributed by atoms with van der Waals surface area (Å²) < 4.78 is 15.9. The first-order valence-corrected chi connectivity index (χ1v) is 7.22. The minimum absolute atomic E-state index is 0.271. The Hall–Kier alpha value is -1.85. The highest BCUT2D eigenvalue weighted by Crippen LogP contribution is 2.21. The summed E-state index contributed by atoms with van der Waals surface area (Å²) in [5, 5.41) is 3.27. The highest BCUT2D eigenvalue weighted by Gasteiger charge is 2.06. The van der Waals surface area contributed by atoms with Gasteiger partial charge in [0.1, 0.15) is 12.0 Å². The van der Waals surface area contributed by atoms with Crippen molar-refractivity contribution in [3.05, 3.63) is 41.8 Å². The predicted octanol–water partition coefficient (Wildman–Crippen LogP) is 3.16. The van der Waals surface area contributed by atoms with Crippen LogP contribution < -0.4 is 10.1 Å². The summed E-state index contributed by atoms with van der Waals surface area (Å²) in [6.07, 6.45) is 3.87. The number of nitrogens with one attached hydrogen (secondary N) is 1. The Bertz CT molecular complexity index is 523. The molecule has 0 bridgehead atoms. The van der Waals surface area contributed by atoms with Gasteiger partial charge in [0.25, 0.3) is 0 Å². The van der Waals surface area contributed by atoms with Crippen LogP contribution >= 0.6 is 0 Å². The SMILES string of the molecule is CCCNCc1coc(Oc2ccc(CCOC)cc2)n1. The highest BCUT2D eigenvalue weighted by molar-refractivity contribution is 5.29. The van der Waals surface area contributed by atoms with E-state index in [4.69, 9.17) is 13.9 Å². The maximum absolute atomic E-state index is 5.59. The van der Waals surface area contributed by atoms with Crippen molar-refractivity contribution < 1.29 is 13.9 Å². The second-order valence-electron chi connectivity index (χ2n) is 4.77. The van der Waals surface area contributed by atoms with E-state index in [0.717, 1.165) is 25.1 Å².